The number of hydrogen-bond acceptors (Lipinski definition) is 0. The first kappa shape index (κ1) is 14.3. The van der Waals surface area contributed by atoms with Crippen LogP contribution in [0, 0.1) is 0 Å². The minimum absolute atomic E-state index is 0. The maximum atomic E-state index is 2.32. The summed E-state index contributed by atoms with van der Waals surface area (Å²) in [6.07, 6.45) is 4.23. The van der Waals surface area contributed by atoms with Gasteiger partial charge < -0.3 is 0 Å². The molecule has 0 bridgehead atoms. The predicted octanol–water partition coefficient (Wildman–Crippen LogP) is 0.715. The van der Waals surface area contributed by atoms with E-state index in [-0.39, 0.29) is 27.7 Å². The van der Waals surface area contributed by atoms with Crippen molar-refractivity contribution in [1.82, 2.24) is 0 Å². The molecule has 62 valence electrons. The minimum atomic E-state index is 0. The Morgan fingerprint density at radius 1 is 0.727 bits per heavy atom. The van der Waals surface area contributed by atoms with E-state index in [4.69, 9.17) is 0 Å². The van der Waals surface area contributed by atoms with Crippen LogP contribution in [0.5, 0.6) is 0 Å². The van der Waals surface area contributed by atoms with Gasteiger partial charge in [0.2, 0.25) is 0 Å². The van der Waals surface area contributed by atoms with Crippen molar-refractivity contribution >= 4 is 8.80 Å². The summed E-state index contributed by atoms with van der Waals surface area (Å²) in [5.74, 6) is 0. The smallest absolute Gasteiger partial charge is 0.260 e. The van der Waals surface area contributed by atoms with Gasteiger partial charge in [0.15, 0.2) is 0 Å². The Balaban J connectivity index is 0. The molecule has 0 saturated carbocycles. The predicted molar refractivity (Wildman–Crippen MR) is 51.0 cm³/mol. The van der Waals surface area contributed by atoms with Crippen molar-refractivity contribution in [3.05, 3.63) is 0 Å². The fourth-order valence-corrected chi connectivity index (χ4v) is 4.31. The van der Waals surface area contributed by atoms with Crippen molar-refractivity contribution in [3.8, 4) is 0 Å². The van der Waals surface area contributed by atoms with Crippen LogP contribution in [0.2, 0.25) is 18.1 Å². The molecular weight excluding hydrogens is 143 g/mol. The summed E-state index contributed by atoms with van der Waals surface area (Å²) in [6, 6.07) is 4.64. The van der Waals surface area contributed by atoms with Crippen molar-refractivity contribution in [2.45, 2.75) is 58.2 Å². The summed E-state index contributed by atoms with van der Waals surface area (Å²) >= 11 is 0. The van der Waals surface area contributed by atoms with Crippen LogP contribution >= 0.6 is 0 Å². The molecule has 0 aromatic heterocycles. The van der Waals surface area contributed by atoms with Crippen molar-refractivity contribution in [2.75, 3.05) is 0 Å². The summed E-state index contributed by atoms with van der Waals surface area (Å²) in [5.41, 5.74) is 0. The van der Waals surface area contributed by atoms with Gasteiger partial charge in [0.1, 0.15) is 0 Å². The van der Waals surface area contributed by atoms with E-state index in [1.165, 1.54) is 19.3 Å². The van der Waals surface area contributed by atoms with Gasteiger partial charge in [0.05, 0.1) is 0 Å². The molecule has 0 nitrogen and oxygen atoms in total. The second kappa shape index (κ2) is 10.8. The maximum Gasteiger partial charge on any atom is 1.00 e. The monoisotopic (exact) mass is 164 g/mol. The molecule has 0 radical (unpaired) electrons. The second-order valence-corrected chi connectivity index (χ2v) is 6.00. The zero-order valence-electron chi connectivity index (χ0n) is 8.74. The number of rotatable bonds is 6. The van der Waals surface area contributed by atoms with E-state index in [2.05, 4.69) is 20.8 Å². The average Bonchev–Trinajstić information content (AvgIpc) is 1.90. The quantitative estimate of drug-likeness (QED) is 0.507. The molecule has 2 heteroatoms. The molecule has 0 unspecified atom stereocenters. The van der Waals surface area contributed by atoms with Crippen molar-refractivity contribution in [3.63, 3.8) is 0 Å². The second-order valence-electron chi connectivity index (χ2n) is 3.00. The van der Waals surface area contributed by atoms with E-state index in [1.807, 2.05) is 0 Å². The van der Waals surface area contributed by atoms with E-state index < -0.39 is 0 Å². The Hall–Kier alpha value is 0.814. The van der Waals surface area contributed by atoms with Gasteiger partial charge >= 0.3 is 18.9 Å². The molecule has 0 heterocycles. The van der Waals surface area contributed by atoms with Crippen LogP contribution < -0.4 is 18.9 Å². The summed E-state index contributed by atoms with van der Waals surface area (Å²) in [5, 5.41) is 0. The molecule has 0 aliphatic heterocycles. The first-order valence-electron chi connectivity index (χ1n) is 4.68. The average molecular weight is 164 g/mol. The molecular formula is C9H21LiSi. The summed E-state index contributed by atoms with van der Waals surface area (Å²) in [4.78, 5) is 0. The Labute approximate surface area is 85.9 Å². The van der Waals surface area contributed by atoms with Gasteiger partial charge in [-0.05, 0) is 0 Å². The van der Waals surface area contributed by atoms with Gasteiger partial charge in [-0.2, -0.15) is 18.1 Å². The fourth-order valence-electron chi connectivity index (χ4n) is 1.44. The molecule has 0 aromatic rings. The van der Waals surface area contributed by atoms with Crippen LogP contribution in [0.1, 0.15) is 40.0 Å². The van der Waals surface area contributed by atoms with Gasteiger partial charge in [0.25, 0.3) is 0 Å². The maximum absolute atomic E-state index is 2.32. The zero-order chi connectivity index (χ0) is 7.82. The Kier molecular flexibility index (Phi) is 14.1. The Bertz CT molecular complexity index is 52.3. The molecule has 0 aromatic carbocycles. The van der Waals surface area contributed by atoms with E-state index in [1.54, 1.807) is 18.1 Å². The molecule has 0 spiro atoms. The minimum Gasteiger partial charge on any atom is -0.260 e. The van der Waals surface area contributed by atoms with E-state index in [0.29, 0.717) is 0 Å². The van der Waals surface area contributed by atoms with Crippen LogP contribution in [-0.4, -0.2) is 8.80 Å². The molecule has 0 N–H and O–H groups in total. The van der Waals surface area contributed by atoms with Crippen LogP contribution in [0.3, 0.4) is 0 Å². The molecule has 0 saturated heterocycles. The normalized spacial score (nSPS) is 9.82. The molecule has 11 heavy (non-hydrogen) atoms. The molecule has 0 aliphatic rings. The number of hydrogen-bond donors (Lipinski definition) is 0. The third kappa shape index (κ3) is 8.72. The largest absolute Gasteiger partial charge is 1.00 e. The third-order valence-electron chi connectivity index (χ3n) is 1.81. The topological polar surface area (TPSA) is 0 Å². The molecule has 0 fully saturated rings. The van der Waals surface area contributed by atoms with E-state index in [9.17, 15) is 0 Å². The van der Waals surface area contributed by atoms with Gasteiger partial charge in [-0.3, -0.25) is 8.80 Å². The first-order valence-corrected chi connectivity index (χ1v) is 6.80. The summed E-state index contributed by atoms with van der Waals surface area (Å²) < 4.78 is 0. The molecule has 0 amide bonds. The summed E-state index contributed by atoms with van der Waals surface area (Å²) in [7, 11) is 0.103. The molecule has 0 aliphatic carbocycles. The zero-order valence-corrected chi connectivity index (χ0v) is 9.74. The van der Waals surface area contributed by atoms with Crippen molar-refractivity contribution in [1.29, 1.82) is 0 Å². The van der Waals surface area contributed by atoms with Crippen LogP contribution in [-0.2, 0) is 0 Å². The van der Waals surface area contributed by atoms with Crippen LogP contribution in [0.25, 0.3) is 0 Å². The Morgan fingerprint density at radius 2 is 1.00 bits per heavy atom. The van der Waals surface area contributed by atoms with E-state index >= 15 is 0 Å². The fraction of sp³-hybridized carbons (Fsp3) is 1.00. The first-order chi connectivity index (χ1) is 4.85. The van der Waals surface area contributed by atoms with Crippen molar-refractivity contribution < 1.29 is 18.9 Å². The SMILES string of the molecule is CCC[Si-](CCC)CCC.[Li+]. The standard InChI is InChI=1S/C9H21Si.Li/c1-4-7-10(8-5-2)9-6-3;/h4-9H2,1-3H3;/q-1;+1. The van der Waals surface area contributed by atoms with Gasteiger partial charge in [-0.25, -0.2) is 0 Å². The van der Waals surface area contributed by atoms with Crippen LogP contribution in [0.4, 0.5) is 0 Å². The van der Waals surface area contributed by atoms with Gasteiger partial charge in [-0.15, -0.1) is 0 Å². The summed E-state index contributed by atoms with van der Waals surface area (Å²) in [6.45, 7) is 6.95. The third-order valence-corrected chi connectivity index (χ3v) is 5.43. The Morgan fingerprint density at radius 3 is 1.18 bits per heavy atom. The van der Waals surface area contributed by atoms with Crippen molar-refractivity contribution in [2.24, 2.45) is 0 Å². The van der Waals surface area contributed by atoms with Gasteiger partial charge in [0, 0.05) is 0 Å². The van der Waals surface area contributed by atoms with Gasteiger partial charge in [-0.1, -0.05) is 40.0 Å². The molecule has 0 atom stereocenters. The van der Waals surface area contributed by atoms with Crippen LogP contribution in [0.15, 0.2) is 0 Å². The molecule has 0 rings (SSSR count). The van der Waals surface area contributed by atoms with E-state index in [0.717, 1.165) is 0 Å².